The van der Waals surface area contributed by atoms with Crippen LogP contribution >= 0.6 is 31.9 Å². The number of rotatable bonds is 4. The Morgan fingerprint density at radius 1 is 0.579 bits per heavy atom. The number of ether oxygens (including phenoxy) is 2. The van der Waals surface area contributed by atoms with E-state index < -0.39 is 0 Å². The van der Waals surface area contributed by atoms with Crippen molar-refractivity contribution in [3.05, 3.63) is 154 Å². The Balaban J connectivity index is 0.000000155. The van der Waals surface area contributed by atoms with Crippen molar-refractivity contribution in [1.29, 1.82) is 0 Å². The predicted molar refractivity (Wildman–Crippen MR) is 162 cm³/mol. The second-order valence-electron chi connectivity index (χ2n) is 8.52. The predicted octanol–water partition coefficient (Wildman–Crippen LogP) is 9.57. The molecule has 6 rings (SSSR count). The standard InChI is InChI=1S/2C16H12BrNO/c2*1-2-15-13-9-8-12(17)10-14(13)18-16(19-15)11-6-4-3-5-7-11/h2*2-10,15H,1H2/t2*15-/m11/s1. The highest BCUT2D eigenvalue weighted by Gasteiger charge is 2.23. The Morgan fingerprint density at radius 3 is 1.34 bits per heavy atom. The molecule has 0 saturated carbocycles. The zero-order valence-corrected chi connectivity index (χ0v) is 23.6. The third-order valence-corrected chi connectivity index (χ3v) is 6.98. The monoisotopic (exact) mass is 626 g/mol. The van der Waals surface area contributed by atoms with Crippen LogP contribution in [0.4, 0.5) is 11.4 Å². The molecule has 0 aromatic heterocycles. The van der Waals surface area contributed by atoms with E-state index in [1.54, 1.807) is 12.2 Å². The third kappa shape index (κ3) is 5.72. The third-order valence-electron chi connectivity index (χ3n) is 5.99. The van der Waals surface area contributed by atoms with Gasteiger partial charge in [-0.1, -0.05) is 93.5 Å². The van der Waals surface area contributed by atoms with Crippen molar-refractivity contribution in [3.63, 3.8) is 0 Å². The van der Waals surface area contributed by atoms with E-state index in [0.717, 1.165) is 42.6 Å². The summed E-state index contributed by atoms with van der Waals surface area (Å²) < 4.78 is 13.8. The van der Waals surface area contributed by atoms with Gasteiger partial charge in [-0.25, -0.2) is 9.98 Å². The summed E-state index contributed by atoms with van der Waals surface area (Å²) in [6.45, 7) is 7.68. The molecule has 0 saturated heterocycles. The molecule has 0 unspecified atom stereocenters. The molecule has 6 heteroatoms. The number of aliphatic imine (C=N–C) groups is 2. The summed E-state index contributed by atoms with van der Waals surface area (Å²) in [7, 11) is 0. The molecular formula is C32H24Br2N2O2. The Hall–Kier alpha value is -3.74. The van der Waals surface area contributed by atoms with Crippen LogP contribution in [0.2, 0.25) is 0 Å². The Kier molecular flexibility index (Phi) is 8.01. The van der Waals surface area contributed by atoms with Gasteiger partial charge < -0.3 is 9.47 Å². The molecule has 0 bridgehead atoms. The molecule has 2 atom stereocenters. The summed E-state index contributed by atoms with van der Waals surface area (Å²) >= 11 is 6.95. The molecule has 2 aliphatic rings. The first-order chi connectivity index (χ1) is 18.6. The van der Waals surface area contributed by atoms with Crippen molar-refractivity contribution >= 4 is 55.0 Å². The van der Waals surface area contributed by atoms with Gasteiger partial charge in [0.05, 0.1) is 11.4 Å². The molecule has 2 aliphatic heterocycles. The van der Waals surface area contributed by atoms with E-state index in [9.17, 15) is 0 Å². The molecule has 188 valence electrons. The van der Waals surface area contributed by atoms with Crippen LogP contribution in [0.3, 0.4) is 0 Å². The molecule has 0 N–H and O–H groups in total. The lowest BCUT2D eigenvalue weighted by molar-refractivity contribution is 0.237. The summed E-state index contributed by atoms with van der Waals surface area (Å²) in [6.07, 6.45) is 3.28. The van der Waals surface area contributed by atoms with Crippen molar-refractivity contribution in [2.75, 3.05) is 0 Å². The highest BCUT2D eigenvalue weighted by molar-refractivity contribution is 9.10. The van der Waals surface area contributed by atoms with Gasteiger partial charge in [0.2, 0.25) is 11.8 Å². The fraction of sp³-hybridized carbons (Fsp3) is 0.0625. The topological polar surface area (TPSA) is 43.2 Å². The SMILES string of the molecule is C=C[C@H]1OC(c2ccccc2)=Nc2cc(Br)ccc21.C=C[C@H]1OC(c2ccccc2)=Nc2cc(Br)ccc21. The largest absolute Gasteiger partial charge is 0.465 e. The van der Waals surface area contributed by atoms with Gasteiger partial charge in [0.1, 0.15) is 12.2 Å². The van der Waals surface area contributed by atoms with E-state index >= 15 is 0 Å². The van der Waals surface area contributed by atoms with Crippen LogP contribution in [0.5, 0.6) is 0 Å². The van der Waals surface area contributed by atoms with Gasteiger partial charge in [-0.15, -0.1) is 0 Å². The number of hydrogen-bond donors (Lipinski definition) is 0. The first-order valence-corrected chi connectivity index (χ1v) is 13.6. The van der Waals surface area contributed by atoms with Crippen LogP contribution in [-0.4, -0.2) is 11.8 Å². The second-order valence-corrected chi connectivity index (χ2v) is 10.4. The van der Waals surface area contributed by atoms with E-state index in [0.29, 0.717) is 11.8 Å². The number of nitrogens with zero attached hydrogens (tertiary/aromatic N) is 2. The van der Waals surface area contributed by atoms with Crippen molar-refractivity contribution in [1.82, 2.24) is 0 Å². The van der Waals surface area contributed by atoms with Gasteiger partial charge in [-0.3, -0.25) is 0 Å². The van der Waals surface area contributed by atoms with E-state index in [2.05, 4.69) is 55.0 Å². The van der Waals surface area contributed by atoms with Gasteiger partial charge in [0.25, 0.3) is 0 Å². The molecular weight excluding hydrogens is 604 g/mol. The smallest absolute Gasteiger partial charge is 0.222 e. The lowest BCUT2D eigenvalue weighted by Crippen LogP contribution is -2.15. The lowest BCUT2D eigenvalue weighted by atomic mass is 10.1. The maximum absolute atomic E-state index is 5.90. The minimum Gasteiger partial charge on any atom is -0.465 e. The van der Waals surface area contributed by atoms with Crippen molar-refractivity contribution in [2.24, 2.45) is 9.98 Å². The highest BCUT2D eigenvalue weighted by atomic mass is 79.9. The molecule has 2 heterocycles. The quantitative estimate of drug-likeness (QED) is 0.211. The van der Waals surface area contributed by atoms with Crippen LogP contribution in [0.1, 0.15) is 34.5 Å². The van der Waals surface area contributed by atoms with E-state index in [4.69, 9.17) is 9.47 Å². The van der Waals surface area contributed by atoms with Gasteiger partial charge in [-0.2, -0.15) is 0 Å². The fourth-order valence-corrected chi connectivity index (χ4v) is 4.82. The molecule has 4 nitrogen and oxygen atoms in total. The number of benzene rings is 4. The molecule has 0 fully saturated rings. The van der Waals surface area contributed by atoms with Crippen LogP contribution in [0.15, 0.2) is 141 Å². The van der Waals surface area contributed by atoms with Gasteiger partial charge >= 0.3 is 0 Å². The average Bonchev–Trinajstić information content (AvgIpc) is 2.96. The Bertz CT molecular complexity index is 1420. The first kappa shape index (κ1) is 25.9. The van der Waals surface area contributed by atoms with Crippen molar-refractivity contribution in [3.8, 4) is 0 Å². The Morgan fingerprint density at radius 2 is 0.974 bits per heavy atom. The summed E-state index contributed by atoms with van der Waals surface area (Å²) in [5.41, 5.74) is 5.87. The average molecular weight is 628 g/mol. The first-order valence-electron chi connectivity index (χ1n) is 12.0. The number of fused-ring (bicyclic) bond motifs is 2. The van der Waals surface area contributed by atoms with Crippen LogP contribution < -0.4 is 0 Å². The van der Waals surface area contributed by atoms with Crippen molar-refractivity contribution in [2.45, 2.75) is 12.2 Å². The van der Waals surface area contributed by atoms with Crippen LogP contribution in [0, 0.1) is 0 Å². The minimum atomic E-state index is -0.157. The zero-order chi connectivity index (χ0) is 26.5. The molecule has 0 radical (unpaired) electrons. The molecule has 38 heavy (non-hydrogen) atoms. The van der Waals surface area contributed by atoms with Gasteiger partial charge in [-0.05, 0) is 60.7 Å². The van der Waals surface area contributed by atoms with Gasteiger partial charge in [0.15, 0.2) is 0 Å². The number of halogens is 2. The molecule has 4 aromatic carbocycles. The van der Waals surface area contributed by atoms with Crippen LogP contribution in [-0.2, 0) is 9.47 Å². The lowest BCUT2D eigenvalue weighted by Gasteiger charge is -2.24. The zero-order valence-electron chi connectivity index (χ0n) is 20.4. The molecule has 0 aliphatic carbocycles. The maximum atomic E-state index is 5.90. The van der Waals surface area contributed by atoms with E-state index in [1.165, 1.54) is 0 Å². The second kappa shape index (κ2) is 11.8. The summed E-state index contributed by atoms with van der Waals surface area (Å²) in [5.74, 6) is 1.27. The molecule has 4 aromatic rings. The summed E-state index contributed by atoms with van der Waals surface area (Å²) in [6, 6.07) is 31.8. The highest BCUT2D eigenvalue weighted by Crippen LogP contribution is 2.37. The fourth-order valence-electron chi connectivity index (χ4n) is 4.12. The van der Waals surface area contributed by atoms with Crippen LogP contribution in [0.25, 0.3) is 0 Å². The summed E-state index contributed by atoms with van der Waals surface area (Å²) in [5, 5.41) is 0. The summed E-state index contributed by atoms with van der Waals surface area (Å²) in [4.78, 5) is 9.18. The normalized spacial score (nSPS) is 17.1. The maximum Gasteiger partial charge on any atom is 0.222 e. The van der Waals surface area contributed by atoms with E-state index in [-0.39, 0.29) is 12.2 Å². The van der Waals surface area contributed by atoms with Crippen molar-refractivity contribution < 1.29 is 9.47 Å². The number of hydrogen-bond acceptors (Lipinski definition) is 4. The molecule has 0 amide bonds. The Labute approximate surface area is 239 Å². The minimum absolute atomic E-state index is 0.157. The van der Waals surface area contributed by atoms with E-state index in [1.807, 2.05) is 97.1 Å². The molecule has 0 spiro atoms. The van der Waals surface area contributed by atoms with Gasteiger partial charge in [0, 0.05) is 31.2 Å².